The first-order valence-corrected chi connectivity index (χ1v) is 12.1. The van der Waals surface area contributed by atoms with E-state index in [4.69, 9.17) is 4.74 Å². The van der Waals surface area contributed by atoms with Crippen LogP contribution < -0.4 is 15.0 Å². The summed E-state index contributed by atoms with van der Waals surface area (Å²) in [5, 5.41) is 7.35. The second-order valence-corrected chi connectivity index (χ2v) is 10.3. The van der Waals surface area contributed by atoms with Crippen molar-refractivity contribution in [3.8, 4) is 16.9 Å². The van der Waals surface area contributed by atoms with E-state index in [9.17, 15) is 9.18 Å². The van der Waals surface area contributed by atoms with Gasteiger partial charge in [-0.2, -0.15) is 5.10 Å². The molecule has 2 aromatic carbocycles. The molecule has 0 aliphatic carbocycles. The summed E-state index contributed by atoms with van der Waals surface area (Å²) in [6.07, 6.45) is 3.35. The number of anilines is 1. The van der Waals surface area contributed by atoms with Gasteiger partial charge in [0.05, 0.1) is 5.92 Å². The summed E-state index contributed by atoms with van der Waals surface area (Å²) in [5.74, 6) is 0.520. The summed E-state index contributed by atoms with van der Waals surface area (Å²) in [6.45, 7) is 9.38. The predicted octanol–water partition coefficient (Wildman–Crippen LogP) is 4.77. The molecule has 7 nitrogen and oxygen atoms in total. The monoisotopic (exact) mass is 487 g/mol. The first kappa shape index (κ1) is 23.8. The van der Waals surface area contributed by atoms with Gasteiger partial charge >= 0.3 is 0 Å². The summed E-state index contributed by atoms with van der Waals surface area (Å²) in [6, 6.07) is 15.1. The number of nitrogens with one attached hydrogen (secondary N) is 1. The number of nitrogens with zero attached hydrogens (tertiary/aromatic N) is 4. The number of ether oxygens (including phenoxy) is 1. The zero-order valence-corrected chi connectivity index (χ0v) is 21.0. The van der Waals surface area contributed by atoms with E-state index in [2.05, 4.69) is 20.3 Å². The average Bonchev–Trinajstić information content (AvgIpc) is 3.23. The molecule has 36 heavy (non-hydrogen) atoms. The molecule has 1 aliphatic heterocycles. The molecule has 1 aliphatic rings. The van der Waals surface area contributed by atoms with Crippen LogP contribution in [0, 0.1) is 18.7 Å². The number of benzene rings is 2. The highest BCUT2D eigenvalue weighted by molar-refractivity contribution is 5.84. The number of aromatic nitrogens is 3. The van der Waals surface area contributed by atoms with Crippen LogP contribution in [0.3, 0.4) is 0 Å². The van der Waals surface area contributed by atoms with Crippen molar-refractivity contribution < 1.29 is 13.9 Å². The number of halogens is 1. The third-order valence-electron chi connectivity index (χ3n) is 6.21. The topological polar surface area (TPSA) is 71.8 Å². The maximum atomic E-state index is 14.7. The van der Waals surface area contributed by atoms with Crippen molar-refractivity contribution in [1.82, 2.24) is 19.9 Å². The zero-order valence-electron chi connectivity index (χ0n) is 21.0. The lowest BCUT2D eigenvalue weighted by Gasteiger charge is -2.39. The minimum absolute atomic E-state index is 0.0426. The molecule has 0 saturated carbocycles. The largest absolute Gasteiger partial charge is 0.485 e. The average molecular weight is 488 g/mol. The lowest BCUT2D eigenvalue weighted by atomic mass is 9.99. The van der Waals surface area contributed by atoms with Crippen LogP contribution in [0.1, 0.15) is 31.9 Å². The van der Waals surface area contributed by atoms with E-state index in [1.165, 1.54) is 18.0 Å². The van der Waals surface area contributed by atoms with Crippen molar-refractivity contribution in [3.63, 3.8) is 0 Å². The number of hydrogen-bond acceptors (Lipinski definition) is 5. The first-order valence-electron chi connectivity index (χ1n) is 12.1. The van der Waals surface area contributed by atoms with Crippen LogP contribution in [0.2, 0.25) is 0 Å². The Morgan fingerprint density at radius 1 is 1.11 bits per heavy atom. The van der Waals surface area contributed by atoms with Gasteiger partial charge in [0.25, 0.3) is 0 Å². The van der Waals surface area contributed by atoms with Gasteiger partial charge < -0.3 is 15.0 Å². The highest BCUT2D eigenvalue weighted by atomic mass is 19.1. The van der Waals surface area contributed by atoms with E-state index in [0.29, 0.717) is 19.6 Å². The fourth-order valence-corrected chi connectivity index (χ4v) is 4.27. The smallest absolute Gasteiger partial charge is 0.226 e. The summed E-state index contributed by atoms with van der Waals surface area (Å²) < 4.78 is 22.1. The molecule has 2 aromatic heterocycles. The number of amides is 1. The van der Waals surface area contributed by atoms with Crippen molar-refractivity contribution in [1.29, 1.82) is 0 Å². The van der Waals surface area contributed by atoms with Gasteiger partial charge in [0, 0.05) is 31.4 Å². The molecule has 0 radical (unpaired) electrons. The Labute approximate surface area is 209 Å². The van der Waals surface area contributed by atoms with Crippen molar-refractivity contribution >= 4 is 17.2 Å². The van der Waals surface area contributed by atoms with Gasteiger partial charge in [0.15, 0.2) is 17.4 Å². The van der Waals surface area contributed by atoms with Crippen molar-refractivity contribution in [3.05, 3.63) is 78.0 Å². The summed E-state index contributed by atoms with van der Waals surface area (Å²) >= 11 is 0. The lowest BCUT2D eigenvalue weighted by Crippen LogP contribution is -2.54. The van der Waals surface area contributed by atoms with Crippen LogP contribution in [0.15, 0.2) is 61.1 Å². The number of rotatable bonds is 6. The maximum Gasteiger partial charge on any atom is 0.226 e. The minimum atomic E-state index is -0.482. The highest BCUT2D eigenvalue weighted by Crippen LogP contribution is 2.32. The number of carbonyl (C=O) groups is 1. The predicted molar refractivity (Wildman–Crippen MR) is 137 cm³/mol. The van der Waals surface area contributed by atoms with Crippen LogP contribution in [-0.4, -0.2) is 39.2 Å². The SMILES string of the molecule is Cc1ccc(CNC(=O)C2CN(c3ncnn4cc(-c5ccc(OC(C)(C)C)c(F)c5)cc34)C2)cc1. The molecule has 3 heterocycles. The molecule has 0 spiro atoms. The molecule has 186 valence electrons. The van der Waals surface area contributed by atoms with Crippen LogP contribution in [0.4, 0.5) is 10.2 Å². The second-order valence-electron chi connectivity index (χ2n) is 10.3. The van der Waals surface area contributed by atoms with Gasteiger partial charge in [-0.05, 0) is 57.0 Å². The summed E-state index contributed by atoms with van der Waals surface area (Å²) in [4.78, 5) is 19.2. The van der Waals surface area contributed by atoms with E-state index in [-0.39, 0.29) is 17.6 Å². The van der Waals surface area contributed by atoms with Gasteiger partial charge in [-0.15, -0.1) is 0 Å². The number of fused-ring (bicyclic) bond motifs is 1. The van der Waals surface area contributed by atoms with Crippen LogP contribution in [-0.2, 0) is 11.3 Å². The molecule has 1 N–H and O–H groups in total. The summed E-state index contributed by atoms with van der Waals surface area (Å²) in [7, 11) is 0. The fraction of sp³-hybridized carbons (Fsp3) is 0.321. The van der Waals surface area contributed by atoms with Gasteiger partial charge in [-0.1, -0.05) is 35.9 Å². The van der Waals surface area contributed by atoms with Crippen molar-refractivity contribution in [2.24, 2.45) is 5.92 Å². The molecule has 1 fully saturated rings. The third-order valence-corrected chi connectivity index (χ3v) is 6.21. The molecule has 0 bridgehead atoms. The Kier molecular flexibility index (Phi) is 6.12. The minimum Gasteiger partial charge on any atom is -0.485 e. The number of hydrogen-bond donors (Lipinski definition) is 1. The standard InChI is InChI=1S/C28H30FN5O2/c1-18-5-7-19(8-6-18)13-30-27(35)22-14-33(15-22)26-24-12-21(16-34(24)32-17-31-26)20-9-10-25(23(29)11-20)36-28(2,3)4/h5-12,16-17,22H,13-15H2,1-4H3,(H,30,35). The molecular formula is C28H30FN5O2. The zero-order chi connectivity index (χ0) is 25.4. The Morgan fingerprint density at radius 2 is 1.86 bits per heavy atom. The Morgan fingerprint density at radius 3 is 2.56 bits per heavy atom. The molecule has 5 rings (SSSR count). The van der Waals surface area contributed by atoms with E-state index in [0.717, 1.165) is 28.0 Å². The number of aryl methyl sites for hydroxylation is 1. The molecule has 1 saturated heterocycles. The first-order chi connectivity index (χ1) is 17.2. The van der Waals surface area contributed by atoms with E-state index >= 15 is 0 Å². The fourth-order valence-electron chi connectivity index (χ4n) is 4.27. The van der Waals surface area contributed by atoms with Crippen molar-refractivity contribution in [2.45, 2.75) is 39.8 Å². The van der Waals surface area contributed by atoms with E-state index in [1.54, 1.807) is 10.6 Å². The second kappa shape index (κ2) is 9.26. The Bertz CT molecular complexity index is 1400. The van der Waals surface area contributed by atoms with Gasteiger partial charge in [-0.3, -0.25) is 4.79 Å². The van der Waals surface area contributed by atoms with Gasteiger partial charge in [0.1, 0.15) is 17.4 Å². The van der Waals surface area contributed by atoms with Gasteiger partial charge in [0.2, 0.25) is 5.91 Å². The quantitative estimate of drug-likeness (QED) is 0.424. The molecule has 0 atom stereocenters. The lowest BCUT2D eigenvalue weighted by molar-refractivity contribution is -0.125. The Balaban J connectivity index is 1.27. The van der Waals surface area contributed by atoms with Gasteiger partial charge in [-0.25, -0.2) is 13.9 Å². The van der Waals surface area contributed by atoms with Crippen LogP contribution >= 0.6 is 0 Å². The van der Waals surface area contributed by atoms with Crippen molar-refractivity contribution in [2.75, 3.05) is 18.0 Å². The molecular weight excluding hydrogens is 457 g/mol. The highest BCUT2D eigenvalue weighted by Gasteiger charge is 2.34. The third kappa shape index (κ3) is 5.03. The molecule has 0 unspecified atom stereocenters. The normalized spacial score (nSPS) is 14.1. The van der Waals surface area contributed by atoms with E-state index < -0.39 is 11.4 Å². The molecule has 1 amide bonds. The maximum absolute atomic E-state index is 14.7. The molecule has 4 aromatic rings. The summed E-state index contributed by atoms with van der Waals surface area (Å²) in [5.41, 5.74) is 4.15. The number of carbonyl (C=O) groups excluding carboxylic acids is 1. The van der Waals surface area contributed by atoms with E-state index in [1.807, 2.05) is 70.3 Å². The molecule has 8 heteroatoms. The Hall–Kier alpha value is -3.94. The van der Waals surface area contributed by atoms with Crippen LogP contribution in [0.5, 0.6) is 5.75 Å². The van der Waals surface area contributed by atoms with Crippen LogP contribution in [0.25, 0.3) is 16.6 Å².